The number of hydrogen-bond donors (Lipinski definition) is 2. The van der Waals surface area contributed by atoms with Gasteiger partial charge in [0.15, 0.2) is 10.9 Å². The number of hydrogen-bond acceptors (Lipinski definition) is 8. The highest BCUT2D eigenvalue weighted by Gasteiger charge is 2.16. The van der Waals surface area contributed by atoms with Crippen LogP contribution in [0.3, 0.4) is 0 Å². The zero-order valence-corrected chi connectivity index (χ0v) is 17.5. The van der Waals surface area contributed by atoms with Crippen LogP contribution in [0.1, 0.15) is 46.1 Å². The van der Waals surface area contributed by atoms with E-state index in [1.807, 2.05) is 0 Å². The van der Waals surface area contributed by atoms with Crippen molar-refractivity contribution in [2.24, 2.45) is 0 Å². The number of esters is 1. The Kier molecular flexibility index (Phi) is 6.58. The van der Waals surface area contributed by atoms with Crippen LogP contribution in [0.25, 0.3) is 11.5 Å². The molecule has 0 fully saturated rings. The molecule has 3 aromatic rings. The van der Waals surface area contributed by atoms with Crippen molar-refractivity contribution in [1.29, 1.82) is 0 Å². The van der Waals surface area contributed by atoms with Gasteiger partial charge in [0.25, 0.3) is 5.91 Å². The summed E-state index contributed by atoms with van der Waals surface area (Å²) in [5.41, 5.74) is 1.44. The largest absolute Gasteiger partial charge is 0.462 e. The Hall–Kier alpha value is -3.53. The van der Waals surface area contributed by atoms with Gasteiger partial charge < -0.3 is 14.5 Å². The number of aromatic nitrogens is 2. The van der Waals surface area contributed by atoms with Gasteiger partial charge in [0.1, 0.15) is 17.1 Å². The van der Waals surface area contributed by atoms with Crippen molar-refractivity contribution < 1.29 is 23.5 Å². The summed E-state index contributed by atoms with van der Waals surface area (Å²) >= 11 is 1.24. The molecule has 0 aliphatic heterocycles. The number of nitrogens with one attached hydrogen (secondary N) is 2. The maximum absolute atomic E-state index is 12.5. The maximum atomic E-state index is 12.5. The summed E-state index contributed by atoms with van der Waals surface area (Å²) in [4.78, 5) is 43.9. The molecule has 0 atom stereocenters. The second kappa shape index (κ2) is 9.31. The molecule has 3 aromatic heterocycles. The van der Waals surface area contributed by atoms with Crippen LogP contribution in [-0.2, 0) is 16.1 Å². The van der Waals surface area contributed by atoms with Crippen LogP contribution in [0.15, 0.2) is 34.1 Å². The molecule has 2 N–H and O–H groups in total. The minimum absolute atomic E-state index is 0.147. The number of pyridine rings is 1. The summed E-state index contributed by atoms with van der Waals surface area (Å²) in [5.74, 6) is 0.0568. The van der Waals surface area contributed by atoms with Gasteiger partial charge in [-0.2, -0.15) is 0 Å². The minimum Gasteiger partial charge on any atom is -0.462 e. The first kappa shape index (κ1) is 21.2. The quantitative estimate of drug-likeness (QED) is 0.554. The van der Waals surface area contributed by atoms with Crippen molar-refractivity contribution in [3.8, 4) is 11.5 Å². The second-order valence-electron chi connectivity index (χ2n) is 6.22. The van der Waals surface area contributed by atoms with Crippen molar-refractivity contribution in [1.82, 2.24) is 15.3 Å². The summed E-state index contributed by atoms with van der Waals surface area (Å²) in [6.45, 7) is 5.34. The Bertz CT molecular complexity index is 1090. The molecule has 10 heteroatoms. The van der Waals surface area contributed by atoms with Gasteiger partial charge in [0.05, 0.1) is 24.4 Å². The maximum Gasteiger partial charge on any atom is 0.339 e. The Balaban J connectivity index is 1.67. The number of aryl methyl sites for hydroxylation is 1. The number of rotatable bonds is 7. The van der Waals surface area contributed by atoms with Crippen LogP contribution in [-0.4, -0.2) is 34.4 Å². The van der Waals surface area contributed by atoms with Crippen LogP contribution in [0.4, 0.5) is 5.13 Å². The number of nitrogens with zero attached hydrogens (tertiary/aromatic N) is 2. The summed E-state index contributed by atoms with van der Waals surface area (Å²) in [5, 5.41) is 7.47. The number of anilines is 1. The molecule has 0 radical (unpaired) electrons. The molecule has 3 heterocycles. The molecule has 0 saturated carbocycles. The van der Waals surface area contributed by atoms with E-state index in [9.17, 15) is 14.4 Å². The van der Waals surface area contributed by atoms with E-state index in [0.717, 1.165) is 0 Å². The van der Waals surface area contributed by atoms with Crippen LogP contribution in [0.5, 0.6) is 0 Å². The average Bonchev–Trinajstić information content (AvgIpc) is 3.35. The number of thiazole rings is 1. The van der Waals surface area contributed by atoms with Gasteiger partial charge in [-0.25, -0.2) is 14.8 Å². The molecule has 0 aliphatic carbocycles. The van der Waals surface area contributed by atoms with E-state index < -0.39 is 11.9 Å². The molecule has 0 bridgehead atoms. The Morgan fingerprint density at radius 2 is 1.97 bits per heavy atom. The van der Waals surface area contributed by atoms with E-state index in [2.05, 4.69) is 20.6 Å². The van der Waals surface area contributed by atoms with Gasteiger partial charge in [0.2, 0.25) is 5.91 Å². The summed E-state index contributed by atoms with van der Waals surface area (Å²) in [7, 11) is 0. The van der Waals surface area contributed by atoms with Crippen LogP contribution >= 0.6 is 11.3 Å². The van der Waals surface area contributed by atoms with Gasteiger partial charge in [0, 0.05) is 12.3 Å². The lowest BCUT2D eigenvalue weighted by Gasteiger charge is -2.07. The lowest BCUT2D eigenvalue weighted by atomic mass is 10.2. The number of ether oxygens (including phenoxy) is 1. The third-order valence-corrected chi connectivity index (χ3v) is 4.72. The van der Waals surface area contributed by atoms with Gasteiger partial charge in [-0.05, 0) is 38.1 Å². The first-order chi connectivity index (χ1) is 14.4. The third-order valence-electron chi connectivity index (χ3n) is 3.96. The molecular weight excluding hydrogens is 408 g/mol. The molecule has 0 spiro atoms. The standard InChI is InChI=1S/C20H20N4O5S/c1-4-28-19(27)14-6-7-15(22-11(14)2)18(26)24-20-23-16(10-30-20)17-8-5-13(29-17)9-21-12(3)25/h5-8,10H,4,9H2,1-3H3,(H,21,25)(H,23,24,26). The Labute approximate surface area is 176 Å². The molecule has 0 aromatic carbocycles. The molecule has 30 heavy (non-hydrogen) atoms. The van der Waals surface area contributed by atoms with Crippen molar-refractivity contribution >= 4 is 34.3 Å². The topological polar surface area (TPSA) is 123 Å². The van der Waals surface area contributed by atoms with Gasteiger partial charge >= 0.3 is 5.97 Å². The van der Waals surface area contributed by atoms with Crippen LogP contribution in [0.2, 0.25) is 0 Å². The van der Waals surface area contributed by atoms with Gasteiger partial charge in [-0.3, -0.25) is 14.9 Å². The molecule has 0 saturated heterocycles. The fourth-order valence-corrected chi connectivity index (χ4v) is 3.23. The van der Waals surface area contributed by atoms with Crippen molar-refractivity contribution in [2.45, 2.75) is 27.3 Å². The van der Waals surface area contributed by atoms with E-state index in [-0.39, 0.29) is 24.8 Å². The van der Waals surface area contributed by atoms with Crippen LogP contribution < -0.4 is 10.6 Å². The molecular formula is C20H20N4O5S. The predicted octanol–water partition coefficient (Wildman–Crippen LogP) is 3.17. The van der Waals surface area contributed by atoms with Gasteiger partial charge in [-0.1, -0.05) is 0 Å². The predicted molar refractivity (Wildman–Crippen MR) is 110 cm³/mol. The highest BCUT2D eigenvalue weighted by molar-refractivity contribution is 7.14. The number of carbonyl (C=O) groups is 3. The first-order valence-corrected chi connectivity index (χ1v) is 10.0. The highest BCUT2D eigenvalue weighted by atomic mass is 32.1. The van der Waals surface area contributed by atoms with Gasteiger partial charge in [-0.15, -0.1) is 11.3 Å². The zero-order valence-electron chi connectivity index (χ0n) is 16.6. The number of amides is 2. The van der Waals surface area contributed by atoms with Crippen molar-refractivity contribution in [3.05, 3.63) is 52.4 Å². The monoisotopic (exact) mass is 428 g/mol. The molecule has 156 valence electrons. The Morgan fingerprint density at radius 1 is 1.17 bits per heavy atom. The molecule has 9 nitrogen and oxygen atoms in total. The fraction of sp³-hybridized carbons (Fsp3) is 0.250. The lowest BCUT2D eigenvalue weighted by molar-refractivity contribution is -0.119. The Morgan fingerprint density at radius 3 is 2.67 bits per heavy atom. The van der Waals surface area contributed by atoms with Crippen molar-refractivity contribution in [3.63, 3.8) is 0 Å². The number of carbonyl (C=O) groups excluding carboxylic acids is 3. The third kappa shape index (κ3) is 5.09. The number of furan rings is 1. The van der Waals surface area contributed by atoms with E-state index in [1.54, 1.807) is 31.4 Å². The van der Waals surface area contributed by atoms with Crippen LogP contribution in [0, 0.1) is 6.92 Å². The second-order valence-corrected chi connectivity index (χ2v) is 7.08. The van der Waals surface area contributed by atoms with E-state index >= 15 is 0 Å². The van der Waals surface area contributed by atoms with Crippen molar-refractivity contribution in [2.75, 3.05) is 11.9 Å². The zero-order chi connectivity index (χ0) is 21.7. The normalized spacial score (nSPS) is 10.5. The van der Waals surface area contributed by atoms with E-state index in [4.69, 9.17) is 9.15 Å². The van der Waals surface area contributed by atoms with E-state index in [0.29, 0.717) is 33.6 Å². The SMILES string of the molecule is CCOC(=O)c1ccc(C(=O)Nc2nc(-c3ccc(CNC(C)=O)o3)cs2)nc1C. The lowest BCUT2D eigenvalue weighted by Crippen LogP contribution is -2.18. The fourth-order valence-electron chi connectivity index (χ4n) is 2.54. The smallest absolute Gasteiger partial charge is 0.339 e. The summed E-state index contributed by atoms with van der Waals surface area (Å²) in [6, 6.07) is 6.48. The summed E-state index contributed by atoms with van der Waals surface area (Å²) < 4.78 is 10.6. The minimum atomic E-state index is -0.477. The first-order valence-electron chi connectivity index (χ1n) is 9.12. The highest BCUT2D eigenvalue weighted by Crippen LogP contribution is 2.27. The summed E-state index contributed by atoms with van der Waals surface area (Å²) in [6.07, 6.45) is 0. The molecule has 2 amide bonds. The average molecular weight is 428 g/mol. The van der Waals surface area contributed by atoms with E-state index in [1.165, 1.54) is 30.4 Å². The molecule has 0 aliphatic rings. The molecule has 0 unspecified atom stereocenters. The molecule has 3 rings (SSSR count).